The molecule has 1 aromatic carbocycles. The van der Waals surface area contributed by atoms with Crippen LogP contribution in [0.15, 0.2) is 24.3 Å². The van der Waals surface area contributed by atoms with Crippen molar-refractivity contribution in [2.45, 2.75) is 39.2 Å². The van der Waals surface area contributed by atoms with Crippen LogP contribution in [-0.4, -0.2) is 25.2 Å². The van der Waals surface area contributed by atoms with E-state index in [1.54, 1.807) is 4.90 Å². The molecule has 2 unspecified atom stereocenters. The predicted octanol–water partition coefficient (Wildman–Crippen LogP) is 3.45. The molecule has 114 valence electrons. The first-order chi connectivity index (χ1) is 10.1. The van der Waals surface area contributed by atoms with E-state index >= 15 is 0 Å². The lowest BCUT2D eigenvalue weighted by molar-refractivity contribution is 0.252. The van der Waals surface area contributed by atoms with Gasteiger partial charge in [-0.25, -0.2) is 4.79 Å². The molecule has 0 bridgehead atoms. The van der Waals surface area contributed by atoms with Crippen LogP contribution >= 0.6 is 0 Å². The highest BCUT2D eigenvalue weighted by molar-refractivity contribution is 5.94. The lowest BCUT2D eigenvalue weighted by Gasteiger charge is -2.36. The molecule has 1 aliphatic carbocycles. The van der Waals surface area contributed by atoms with Gasteiger partial charge in [-0.2, -0.15) is 0 Å². The maximum atomic E-state index is 11.7. The van der Waals surface area contributed by atoms with Gasteiger partial charge in [-0.3, -0.25) is 4.90 Å². The van der Waals surface area contributed by atoms with E-state index in [1.165, 1.54) is 19.3 Å². The number of carbonyl (C=O) groups is 1. The van der Waals surface area contributed by atoms with E-state index in [2.05, 4.69) is 36.6 Å². The first kappa shape index (κ1) is 14.2. The summed E-state index contributed by atoms with van der Waals surface area (Å²) in [6.45, 7) is 6.17. The Kier molecular flexibility index (Phi) is 4.04. The summed E-state index contributed by atoms with van der Waals surface area (Å²) in [4.78, 5) is 13.4. The number of hydrogen-bond donors (Lipinski definition) is 2. The molecule has 2 atom stereocenters. The molecule has 1 heterocycles. The third-order valence-corrected chi connectivity index (χ3v) is 4.91. The minimum Gasteiger partial charge on any atom is -0.382 e. The van der Waals surface area contributed by atoms with E-state index in [4.69, 9.17) is 0 Å². The van der Waals surface area contributed by atoms with Gasteiger partial charge in [0.2, 0.25) is 0 Å². The molecule has 2 N–H and O–H groups in total. The SMILES string of the molecule is CC1CCCC(C)C1Nc1ccc(N2CCNC2=O)cc1. The van der Waals surface area contributed by atoms with Crippen LogP contribution in [0.3, 0.4) is 0 Å². The van der Waals surface area contributed by atoms with Crippen molar-refractivity contribution in [1.29, 1.82) is 0 Å². The molecule has 21 heavy (non-hydrogen) atoms. The number of nitrogens with zero attached hydrogens (tertiary/aromatic N) is 1. The number of nitrogens with one attached hydrogen (secondary N) is 2. The van der Waals surface area contributed by atoms with Gasteiger partial charge in [-0.15, -0.1) is 0 Å². The fourth-order valence-corrected chi connectivity index (χ4v) is 3.61. The van der Waals surface area contributed by atoms with Crippen molar-refractivity contribution in [3.05, 3.63) is 24.3 Å². The topological polar surface area (TPSA) is 44.4 Å². The first-order valence-electron chi connectivity index (χ1n) is 8.07. The second-order valence-electron chi connectivity index (χ2n) is 6.49. The summed E-state index contributed by atoms with van der Waals surface area (Å²) < 4.78 is 0. The fraction of sp³-hybridized carbons (Fsp3) is 0.588. The largest absolute Gasteiger partial charge is 0.382 e. The Morgan fingerprint density at radius 2 is 1.81 bits per heavy atom. The molecular formula is C17H25N3O. The number of rotatable bonds is 3. The molecule has 1 saturated carbocycles. The summed E-state index contributed by atoms with van der Waals surface area (Å²) in [5.74, 6) is 1.44. The molecule has 0 spiro atoms. The second kappa shape index (κ2) is 5.96. The zero-order valence-electron chi connectivity index (χ0n) is 12.9. The molecule has 0 radical (unpaired) electrons. The molecule has 1 aromatic rings. The molecule has 1 aliphatic heterocycles. The summed E-state index contributed by atoms with van der Waals surface area (Å²) >= 11 is 0. The fourth-order valence-electron chi connectivity index (χ4n) is 3.61. The summed E-state index contributed by atoms with van der Waals surface area (Å²) in [6, 6.07) is 8.81. The van der Waals surface area contributed by atoms with Gasteiger partial charge in [0.15, 0.2) is 0 Å². The summed E-state index contributed by atoms with van der Waals surface area (Å²) in [6.07, 6.45) is 3.98. The zero-order valence-corrected chi connectivity index (χ0v) is 12.9. The number of carbonyl (C=O) groups excluding carboxylic acids is 1. The van der Waals surface area contributed by atoms with Gasteiger partial charge < -0.3 is 10.6 Å². The lowest BCUT2D eigenvalue weighted by Crippen LogP contribution is -2.37. The molecule has 4 heteroatoms. The Hall–Kier alpha value is -1.71. The molecular weight excluding hydrogens is 262 g/mol. The Labute approximate surface area is 126 Å². The van der Waals surface area contributed by atoms with Gasteiger partial charge in [0.25, 0.3) is 0 Å². The Morgan fingerprint density at radius 1 is 1.14 bits per heavy atom. The third kappa shape index (κ3) is 2.99. The van der Waals surface area contributed by atoms with Crippen molar-refractivity contribution >= 4 is 17.4 Å². The molecule has 2 aliphatic rings. The lowest BCUT2D eigenvalue weighted by atomic mass is 9.78. The van der Waals surface area contributed by atoms with Crippen LogP contribution in [0, 0.1) is 11.8 Å². The quantitative estimate of drug-likeness (QED) is 0.894. The van der Waals surface area contributed by atoms with Gasteiger partial charge in [0, 0.05) is 30.5 Å². The zero-order chi connectivity index (χ0) is 14.8. The van der Waals surface area contributed by atoms with Crippen LogP contribution in [0.25, 0.3) is 0 Å². The minimum absolute atomic E-state index is 0.00485. The minimum atomic E-state index is 0.00485. The van der Waals surface area contributed by atoms with E-state index in [0.717, 1.165) is 36.3 Å². The normalized spacial score (nSPS) is 29.3. The number of anilines is 2. The third-order valence-electron chi connectivity index (χ3n) is 4.91. The highest BCUT2D eigenvalue weighted by Gasteiger charge is 2.27. The molecule has 2 fully saturated rings. The van der Waals surface area contributed by atoms with Crippen LogP contribution in [0.5, 0.6) is 0 Å². The number of amides is 2. The van der Waals surface area contributed by atoms with Crippen LogP contribution in [0.1, 0.15) is 33.1 Å². The molecule has 3 rings (SSSR count). The van der Waals surface area contributed by atoms with E-state index in [9.17, 15) is 4.79 Å². The van der Waals surface area contributed by atoms with E-state index in [1.807, 2.05) is 12.1 Å². The Morgan fingerprint density at radius 3 is 2.38 bits per heavy atom. The van der Waals surface area contributed by atoms with Crippen LogP contribution in [-0.2, 0) is 0 Å². The number of hydrogen-bond acceptors (Lipinski definition) is 2. The second-order valence-corrected chi connectivity index (χ2v) is 6.49. The monoisotopic (exact) mass is 287 g/mol. The average Bonchev–Trinajstić information content (AvgIpc) is 2.90. The highest BCUT2D eigenvalue weighted by Crippen LogP contribution is 2.31. The summed E-state index contributed by atoms with van der Waals surface area (Å²) in [5, 5.41) is 6.52. The van der Waals surface area contributed by atoms with Crippen LogP contribution < -0.4 is 15.5 Å². The van der Waals surface area contributed by atoms with Crippen LogP contribution in [0.4, 0.5) is 16.2 Å². The smallest absolute Gasteiger partial charge is 0.321 e. The first-order valence-corrected chi connectivity index (χ1v) is 8.07. The standard InChI is InChI=1S/C17H25N3O/c1-12-4-3-5-13(2)16(12)19-14-6-8-15(9-7-14)20-11-10-18-17(20)21/h6-9,12-13,16,19H,3-5,10-11H2,1-2H3,(H,18,21). The molecule has 0 aromatic heterocycles. The van der Waals surface area contributed by atoms with Crippen molar-refractivity contribution in [2.24, 2.45) is 11.8 Å². The summed E-state index contributed by atoms with van der Waals surface area (Å²) in [5.41, 5.74) is 2.13. The van der Waals surface area contributed by atoms with Gasteiger partial charge >= 0.3 is 6.03 Å². The molecule has 2 amide bonds. The maximum Gasteiger partial charge on any atom is 0.321 e. The van der Waals surface area contributed by atoms with E-state index in [0.29, 0.717) is 6.04 Å². The Bertz CT molecular complexity index is 489. The average molecular weight is 287 g/mol. The van der Waals surface area contributed by atoms with Gasteiger partial charge in [-0.1, -0.05) is 20.3 Å². The van der Waals surface area contributed by atoms with Gasteiger partial charge in [0.1, 0.15) is 0 Å². The van der Waals surface area contributed by atoms with Crippen molar-refractivity contribution in [3.63, 3.8) is 0 Å². The molecule has 1 saturated heterocycles. The number of urea groups is 1. The van der Waals surface area contributed by atoms with Gasteiger partial charge in [-0.05, 0) is 48.9 Å². The van der Waals surface area contributed by atoms with Gasteiger partial charge in [0.05, 0.1) is 0 Å². The van der Waals surface area contributed by atoms with Crippen molar-refractivity contribution in [1.82, 2.24) is 5.32 Å². The predicted molar refractivity (Wildman–Crippen MR) is 86.8 cm³/mol. The molecule has 4 nitrogen and oxygen atoms in total. The van der Waals surface area contributed by atoms with Crippen LogP contribution in [0.2, 0.25) is 0 Å². The summed E-state index contributed by atoms with van der Waals surface area (Å²) in [7, 11) is 0. The van der Waals surface area contributed by atoms with Crippen molar-refractivity contribution in [3.8, 4) is 0 Å². The van der Waals surface area contributed by atoms with Crippen molar-refractivity contribution in [2.75, 3.05) is 23.3 Å². The maximum absolute atomic E-state index is 11.7. The highest BCUT2D eigenvalue weighted by atomic mass is 16.2. The Balaban J connectivity index is 1.68. The number of benzene rings is 1. The van der Waals surface area contributed by atoms with E-state index < -0.39 is 0 Å². The van der Waals surface area contributed by atoms with E-state index in [-0.39, 0.29) is 6.03 Å². The van der Waals surface area contributed by atoms with Crippen molar-refractivity contribution < 1.29 is 4.79 Å².